The first-order valence-corrected chi connectivity index (χ1v) is 11.6. The molecule has 0 amide bonds. The minimum atomic E-state index is 0.529. The summed E-state index contributed by atoms with van der Waals surface area (Å²) >= 11 is 0. The van der Waals surface area contributed by atoms with Gasteiger partial charge in [0.25, 0.3) is 0 Å². The van der Waals surface area contributed by atoms with Gasteiger partial charge in [0.15, 0.2) is 0 Å². The van der Waals surface area contributed by atoms with E-state index >= 15 is 0 Å². The molecule has 5 heterocycles. The number of rotatable bonds is 3. The summed E-state index contributed by atoms with van der Waals surface area (Å²) < 4.78 is 11.8. The molecule has 0 spiro atoms. The van der Waals surface area contributed by atoms with Gasteiger partial charge in [-0.3, -0.25) is 4.90 Å². The Morgan fingerprint density at radius 1 is 1.06 bits per heavy atom. The smallest absolute Gasteiger partial charge is 0.143 e. The van der Waals surface area contributed by atoms with E-state index in [1.165, 1.54) is 30.6 Å². The van der Waals surface area contributed by atoms with Crippen LogP contribution in [-0.2, 0) is 11.3 Å². The Balaban J connectivity index is 1.25. The SMILES string of the molecule is c1cc(N2CCOCC2)c2c(n1)Nc1cc([C@@H]3CCCN(C4CNC4)C3)ccc1OC2. The zero-order valence-corrected chi connectivity index (χ0v) is 18.0. The second-order valence-corrected chi connectivity index (χ2v) is 9.07. The van der Waals surface area contributed by atoms with Crippen LogP contribution in [0, 0.1) is 0 Å². The van der Waals surface area contributed by atoms with Gasteiger partial charge in [0.2, 0.25) is 0 Å². The van der Waals surface area contributed by atoms with E-state index in [1.54, 1.807) is 0 Å². The lowest BCUT2D eigenvalue weighted by molar-refractivity contribution is 0.110. The topological polar surface area (TPSA) is 61.9 Å². The molecule has 3 fully saturated rings. The van der Waals surface area contributed by atoms with E-state index in [0.29, 0.717) is 12.5 Å². The van der Waals surface area contributed by atoms with Crippen molar-refractivity contribution in [3.8, 4) is 5.75 Å². The Morgan fingerprint density at radius 3 is 2.81 bits per heavy atom. The fraction of sp³-hybridized carbons (Fsp3) is 0.542. The average molecular weight is 422 g/mol. The van der Waals surface area contributed by atoms with Crippen molar-refractivity contribution in [2.24, 2.45) is 0 Å². The maximum Gasteiger partial charge on any atom is 0.143 e. The number of benzene rings is 1. The van der Waals surface area contributed by atoms with Crippen molar-refractivity contribution in [3.63, 3.8) is 0 Å². The number of nitrogens with one attached hydrogen (secondary N) is 2. The lowest BCUT2D eigenvalue weighted by Crippen LogP contribution is -2.59. The molecule has 7 nitrogen and oxygen atoms in total. The molecule has 2 N–H and O–H groups in total. The van der Waals surface area contributed by atoms with Gasteiger partial charge in [-0.05, 0) is 49.1 Å². The van der Waals surface area contributed by atoms with Crippen molar-refractivity contribution in [1.82, 2.24) is 15.2 Å². The summed E-state index contributed by atoms with van der Waals surface area (Å²) in [4.78, 5) is 9.72. The van der Waals surface area contributed by atoms with Crippen LogP contribution in [0.25, 0.3) is 0 Å². The van der Waals surface area contributed by atoms with Gasteiger partial charge in [-0.1, -0.05) is 6.07 Å². The highest BCUT2D eigenvalue weighted by Crippen LogP contribution is 2.39. The number of aromatic nitrogens is 1. The lowest BCUT2D eigenvalue weighted by Gasteiger charge is -2.43. The van der Waals surface area contributed by atoms with E-state index in [-0.39, 0.29) is 0 Å². The van der Waals surface area contributed by atoms with Crippen LogP contribution in [0.4, 0.5) is 17.2 Å². The molecule has 0 saturated carbocycles. The summed E-state index contributed by atoms with van der Waals surface area (Å²) in [7, 11) is 0. The van der Waals surface area contributed by atoms with E-state index in [2.05, 4.69) is 49.7 Å². The highest BCUT2D eigenvalue weighted by atomic mass is 16.5. The predicted molar refractivity (Wildman–Crippen MR) is 122 cm³/mol. The van der Waals surface area contributed by atoms with Crippen LogP contribution in [-0.4, -0.2) is 68.4 Å². The molecule has 2 aromatic rings. The lowest BCUT2D eigenvalue weighted by atomic mass is 9.89. The van der Waals surface area contributed by atoms with E-state index in [9.17, 15) is 0 Å². The number of pyridine rings is 1. The van der Waals surface area contributed by atoms with Gasteiger partial charge in [-0.25, -0.2) is 4.98 Å². The van der Waals surface area contributed by atoms with Crippen molar-refractivity contribution in [3.05, 3.63) is 41.6 Å². The van der Waals surface area contributed by atoms with Crippen molar-refractivity contribution < 1.29 is 9.47 Å². The van der Waals surface area contributed by atoms with Gasteiger partial charge in [0, 0.05) is 50.6 Å². The first-order chi connectivity index (χ1) is 15.3. The number of piperidine rings is 1. The number of fused-ring (bicyclic) bond motifs is 2. The summed E-state index contributed by atoms with van der Waals surface area (Å²) in [5, 5.41) is 7.01. The number of anilines is 3. The zero-order chi connectivity index (χ0) is 20.6. The molecule has 0 unspecified atom stereocenters. The number of nitrogens with zero attached hydrogens (tertiary/aromatic N) is 3. The van der Waals surface area contributed by atoms with Crippen LogP contribution < -0.4 is 20.3 Å². The minimum absolute atomic E-state index is 0.529. The summed E-state index contributed by atoms with van der Waals surface area (Å²) in [6.45, 7) is 8.54. The molecular weight excluding hydrogens is 390 g/mol. The molecule has 164 valence electrons. The number of hydrogen-bond donors (Lipinski definition) is 2. The molecule has 0 aliphatic carbocycles. The monoisotopic (exact) mass is 421 g/mol. The second kappa shape index (κ2) is 8.30. The molecule has 4 aliphatic heterocycles. The molecule has 4 aliphatic rings. The van der Waals surface area contributed by atoms with Gasteiger partial charge in [0.1, 0.15) is 18.2 Å². The number of morpholine rings is 1. The van der Waals surface area contributed by atoms with Crippen molar-refractivity contribution in [2.75, 3.05) is 62.7 Å². The molecule has 0 radical (unpaired) electrons. The first-order valence-electron chi connectivity index (χ1n) is 11.6. The quantitative estimate of drug-likeness (QED) is 0.790. The van der Waals surface area contributed by atoms with Gasteiger partial charge >= 0.3 is 0 Å². The Labute approximate surface area is 183 Å². The third kappa shape index (κ3) is 3.75. The largest absolute Gasteiger partial charge is 0.487 e. The molecule has 1 aromatic carbocycles. The van der Waals surface area contributed by atoms with Crippen molar-refractivity contribution >= 4 is 17.2 Å². The fourth-order valence-electron chi connectivity index (χ4n) is 5.28. The van der Waals surface area contributed by atoms with Crippen LogP contribution in [0.15, 0.2) is 30.5 Å². The Morgan fingerprint density at radius 2 is 1.97 bits per heavy atom. The highest BCUT2D eigenvalue weighted by Gasteiger charge is 2.30. The van der Waals surface area contributed by atoms with Gasteiger partial charge in [-0.2, -0.15) is 0 Å². The van der Waals surface area contributed by atoms with Crippen LogP contribution in [0.1, 0.15) is 29.9 Å². The van der Waals surface area contributed by atoms with Crippen LogP contribution in [0.5, 0.6) is 5.75 Å². The van der Waals surface area contributed by atoms with Crippen molar-refractivity contribution in [1.29, 1.82) is 0 Å². The van der Waals surface area contributed by atoms with Crippen LogP contribution >= 0.6 is 0 Å². The maximum absolute atomic E-state index is 6.26. The number of likely N-dealkylation sites (tertiary alicyclic amines) is 1. The molecular formula is C24H31N5O2. The second-order valence-electron chi connectivity index (χ2n) is 9.07. The minimum Gasteiger partial charge on any atom is -0.487 e. The predicted octanol–water partition coefficient (Wildman–Crippen LogP) is 2.71. The fourth-order valence-corrected chi connectivity index (χ4v) is 5.28. The third-order valence-corrected chi connectivity index (χ3v) is 7.21. The van der Waals surface area contributed by atoms with Gasteiger partial charge < -0.3 is 25.0 Å². The Hall–Kier alpha value is -2.35. The molecule has 7 heteroatoms. The van der Waals surface area contributed by atoms with E-state index < -0.39 is 0 Å². The summed E-state index contributed by atoms with van der Waals surface area (Å²) in [6, 6.07) is 9.52. The summed E-state index contributed by atoms with van der Waals surface area (Å²) in [6.07, 6.45) is 4.43. The van der Waals surface area contributed by atoms with Crippen LogP contribution in [0.2, 0.25) is 0 Å². The summed E-state index contributed by atoms with van der Waals surface area (Å²) in [5.41, 5.74) is 4.76. The molecule has 6 rings (SSSR count). The molecule has 0 bridgehead atoms. The maximum atomic E-state index is 6.26. The van der Waals surface area contributed by atoms with E-state index in [1.807, 2.05) is 6.20 Å². The summed E-state index contributed by atoms with van der Waals surface area (Å²) in [5.74, 6) is 2.40. The zero-order valence-electron chi connectivity index (χ0n) is 18.0. The molecule has 3 saturated heterocycles. The molecule has 1 atom stereocenters. The first kappa shape index (κ1) is 19.3. The van der Waals surface area contributed by atoms with E-state index in [0.717, 1.165) is 74.8 Å². The third-order valence-electron chi connectivity index (χ3n) is 7.21. The van der Waals surface area contributed by atoms with Gasteiger partial charge in [-0.15, -0.1) is 0 Å². The highest BCUT2D eigenvalue weighted by molar-refractivity contribution is 5.73. The number of ether oxygens (including phenoxy) is 2. The van der Waals surface area contributed by atoms with E-state index in [4.69, 9.17) is 9.47 Å². The number of hydrogen-bond acceptors (Lipinski definition) is 7. The Bertz CT molecular complexity index is 942. The average Bonchev–Trinajstić information content (AvgIpc) is 2.97. The van der Waals surface area contributed by atoms with Crippen molar-refractivity contribution in [2.45, 2.75) is 31.4 Å². The van der Waals surface area contributed by atoms with Crippen LogP contribution in [0.3, 0.4) is 0 Å². The standard InChI is InChI=1S/C24H31N5O2/c1-2-18(15-29(7-1)19-13-25-14-19)17-3-4-23-21(12-17)27-24-20(16-31-23)22(5-6-26-24)28-8-10-30-11-9-28/h3-6,12,18-19,25H,1-2,7-11,13-16H2,(H,26,27)/t18-/m1/s1. The van der Waals surface area contributed by atoms with Gasteiger partial charge in [0.05, 0.1) is 24.5 Å². The molecule has 1 aromatic heterocycles. The normalized spacial score (nSPS) is 24.3. The Kier molecular flexibility index (Phi) is 5.18. The molecule has 31 heavy (non-hydrogen) atoms.